The molecule has 0 atom stereocenters. The van der Waals surface area contributed by atoms with Gasteiger partial charge in [-0.3, -0.25) is 0 Å². The van der Waals surface area contributed by atoms with Crippen LogP contribution >= 0.6 is 15.9 Å². The van der Waals surface area contributed by atoms with E-state index in [0.29, 0.717) is 5.75 Å². The summed E-state index contributed by atoms with van der Waals surface area (Å²) < 4.78 is 9.68. The Kier molecular flexibility index (Phi) is 6.19. The Labute approximate surface area is 109 Å². The summed E-state index contributed by atoms with van der Waals surface area (Å²) in [6, 6.07) is 7.27. The molecule has 0 radical (unpaired) electrons. The molecular formula is C13H13BrO3. The number of hydrogen-bond donors (Lipinski definition) is 0. The van der Waals surface area contributed by atoms with Crippen molar-refractivity contribution >= 4 is 21.9 Å². The fourth-order valence-corrected chi connectivity index (χ4v) is 1.25. The number of methoxy groups -OCH3 is 1. The van der Waals surface area contributed by atoms with Crippen LogP contribution in [-0.4, -0.2) is 25.0 Å². The first-order valence-electron chi connectivity index (χ1n) is 5.11. The molecule has 3 nitrogen and oxygen atoms in total. The number of halogens is 1. The molecule has 90 valence electrons. The first-order chi connectivity index (χ1) is 8.26. The van der Waals surface area contributed by atoms with Gasteiger partial charge in [-0.2, -0.15) is 0 Å². The third-order valence-corrected chi connectivity index (χ3v) is 2.29. The van der Waals surface area contributed by atoms with Crippen molar-refractivity contribution in [3.63, 3.8) is 0 Å². The second-order valence-corrected chi connectivity index (χ2v) is 3.92. The molecule has 1 aromatic rings. The zero-order valence-electron chi connectivity index (χ0n) is 9.53. The molecule has 0 aliphatic carbocycles. The van der Waals surface area contributed by atoms with E-state index in [1.165, 1.54) is 7.11 Å². The summed E-state index contributed by atoms with van der Waals surface area (Å²) in [4.78, 5) is 10.9. The number of carbonyl (C=O) groups excluding carboxylic acids is 1. The van der Waals surface area contributed by atoms with Crippen molar-refractivity contribution in [2.75, 3.05) is 19.0 Å². The van der Waals surface area contributed by atoms with Crippen LogP contribution in [0.1, 0.15) is 12.0 Å². The normalized spacial score (nSPS) is 9.06. The zero-order chi connectivity index (χ0) is 12.5. The lowest BCUT2D eigenvalue weighted by atomic mass is 10.2. The van der Waals surface area contributed by atoms with Crippen LogP contribution in [0.2, 0.25) is 0 Å². The fourth-order valence-electron chi connectivity index (χ4n) is 1.05. The molecule has 0 aliphatic heterocycles. The summed E-state index contributed by atoms with van der Waals surface area (Å²) in [5.74, 6) is 6.27. The highest BCUT2D eigenvalue weighted by Crippen LogP contribution is 2.11. The minimum absolute atomic E-state index is 0.0783. The highest BCUT2D eigenvalue weighted by atomic mass is 79.9. The maximum atomic E-state index is 10.9. The second-order valence-electron chi connectivity index (χ2n) is 3.13. The van der Waals surface area contributed by atoms with Crippen LogP contribution in [0, 0.1) is 11.8 Å². The molecule has 0 heterocycles. The predicted octanol–water partition coefficient (Wildman–Crippen LogP) is 2.37. The van der Waals surface area contributed by atoms with E-state index < -0.39 is 5.97 Å². The van der Waals surface area contributed by atoms with Gasteiger partial charge in [0.15, 0.2) is 6.61 Å². The van der Waals surface area contributed by atoms with Crippen LogP contribution in [0.15, 0.2) is 24.3 Å². The molecule has 17 heavy (non-hydrogen) atoms. The predicted molar refractivity (Wildman–Crippen MR) is 69.2 cm³/mol. The van der Waals surface area contributed by atoms with Gasteiger partial charge in [0.05, 0.1) is 7.11 Å². The number of ether oxygens (including phenoxy) is 2. The molecule has 0 unspecified atom stereocenters. The van der Waals surface area contributed by atoms with Crippen LogP contribution in [0.5, 0.6) is 5.75 Å². The average Bonchev–Trinajstić information content (AvgIpc) is 2.37. The summed E-state index contributed by atoms with van der Waals surface area (Å²) in [6.45, 7) is -0.0783. The largest absolute Gasteiger partial charge is 0.482 e. The molecule has 0 fully saturated rings. The zero-order valence-corrected chi connectivity index (χ0v) is 11.1. The quantitative estimate of drug-likeness (QED) is 0.486. The van der Waals surface area contributed by atoms with Gasteiger partial charge in [0.1, 0.15) is 5.75 Å². The van der Waals surface area contributed by atoms with Gasteiger partial charge in [0.25, 0.3) is 0 Å². The SMILES string of the molecule is COC(=O)COc1ccc(C#CCCBr)cc1. The average molecular weight is 297 g/mol. The van der Waals surface area contributed by atoms with E-state index in [4.69, 9.17) is 4.74 Å². The van der Waals surface area contributed by atoms with Gasteiger partial charge in [-0.1, -0.05) is 27.8 Å². The van der Waals surface area contributed by atoms with Gasteiger partial charge in [0, 0.05) is 17.3 Å². The number of benzene rings is 1. The van der Waals surface area contributed by atoms with Gasteiger partial charge >= 0.3 is 5.97 Å². The van der Waals surface area contributed by atoms with E-state index in [2.05, 4.69) is 32.5 Å². The molecule has 0 bridgehead atoms. The molecule has 0 saturated heterocycles. The van der Waals surface area contributed by atoms with Crippen LogP contribution in [0.25, 0.3) is 0 Å². The first-order valence-corrected chi connectivity index (χ1v) is 6.23. The van der Waals surface area contributed by atoms with Crippen LogP contribution in [0.3, 0.4) is 0 Å². The number of rotatable bonds is 4. The van der Waals surface area contributed by atoms with Gasteiger partial charge in [0.2, 0.25) is 0 Å². The summed E-state index contributed by atoms with van der Waals surface area (Å²) >= 11 is 3.31. The smallest absolute Gasteiger partial charge is 0.343 e. The van der Waals surface area contributed by atoms with E-state index in [1.807, 2.05) is 12.1 Å². The molecule has 0 spiro atoms. The summed E-state index contributed by atoms with van der Waals surface area (Å²) in [6.07, 6.45) is 0.820. The standard InChI is InChI=1S/C13H13BrO3/c1-16-13(15)10-17-12-7-5-11(6-8-12)4-2-3-9-14/h5-8H,3,9-10H2,1H3. The lowest BCUT2D eigenvalue weighted by molar-refractivity contribution is -0.142. The van der Waals surface area contributed by atoms with Gasteiger partial charge in [-0.15, -0.1) is 0 Å². The van der Waals surface area contributed by atoms with E-state index in [-0.39, 0.29) is 6.61 Å². The number of hydrogen-bond acceptors (Lipinski definition) is 3. The summed E-state index contributed by atoms with van der Waals surface area (Å²) in [5.41, 5.74) is 0.927. The maximum Gasteiger partial charge on any atom is 0.343 e. The van der Waals surface area contributed by atoms with E-state index >= 15 is 0 Å². The van der Waals surface area contributed by atoms with Gasteiger partial charge in [-0.25, -0.2) is 4.79 Å². The van der Waals surface area contributed by atoms with Crippen molar-refractivity contribution in [2.45, 2.75) is 6.42 Å². The van der Waals surface area contributed by atoms with E-state index in [0.717, 1.165) is 17.3 Å². The molecule has 4 heteroatoms. The topological polar surface area (TPSA) is 35.5 Å². The summed E-state index contributed by atoms with van der Waals surface area (Å²) in [7, 11) is 1.33. The minimum Gasteiger partial charge on any atom is -0.482 e. The number of alkyl halides is 1. The van der Waals surface area contributed by atoms with Crippen molar-refractivity contribution in [1.29, 1.82) is 0 Å². The highest BCUT2D eigenvalue weighted by molar-refractivity contribution is 9.09. The van der Waals surface area contributed by atoms with Crippen molar-refractivity contribution in [3.8, 4) is 17.6 Å². The molecule has 1 aromatic carbocycles. The molecule has 0 aromatic heterocycles. The van der Waals surface area contributed by atoms with Crippen LogP contribution in [-0.2, 0) is 9.53 Å². The minimum atomic E-state index is -0.397. The Balaban J connectivity index is 2.51. The Morgan fingerprint density at radius 2 is 2.06 bits per heavy atom. The van der Waals surface area contributed by atoms with Crippen molar-refractivity contribution < 1.29 is 14.3 Å². The summed E-state index contributed by atoms with van der Waals surface area (Å²) in [5, 5.41) is 0.875. The van der Waals surface area contributed by atoms with Crippen molar-refractivity contribution in [1.82, 2.24) is 0 Å². The Morgan fingerprint density at radius 1 is 1.35 bits per heavy atom. The first kappa shape index (κ1) is 13.6. The van der Waals surface area contributed by atoms with Crippen molar-refractivity contribution in [2.24, 2.45) is 0 Å². The number of carbonyl (C=O) groups is 1. The monoisotopic (exact) mass is 296 g/mol. The molecule has 0 aliphatic rings. The Bertz CT molecular complexity index is 415. The Morgan fingerprint density at radius 3 is 2.65 bits per heavy atom. The lowest BCUT2D eigenvalue weighted by Crippen LogP contribution is -2.12. The third kappa shape index (κ3) is 5.41. The van der Waals surface area contributed by atoms with Gasteiger partial charge in [-0.05, 0) is 24.3 Å². The molecule has 0 amide bonds. The second kappa shape index (κ2) is 7.75. The number of esters is 1. The van der Waals surface area contributed by atoms with E-state index in [9.17, 15) is 4.79 Å². The van der Waals surface area contributed by atoms with Crippen LogP contribution < -0.4 is 4.74 Å². The fraction of sp³-hybridized carbons (Fsp3) is 0.308. The maximum absolute atomic E-state index is 10.9. The molecular weight excluding hydrogens is 284 g/mol. The highest BCUT2D eigenvalue weighted by Gasteiger charge is 2.00. The van der Waals surface area contributed by atoms with Crippen LogP contribution in [0.4, 0.5) is 0 Å². The van der Waals surface area contributed by atoms with E-state index in [1.54, 1.807) is 12.1 Å². The molecule has 0 N–H and O–H groups in total. The molecule has 0 saturated carbocycles. The third-order valence-electron chi connectivity index (χ3n) is 1.89. The Hall–Kier alpha value is -1.47. The van der Waals surface area contributed by atoms with Gasteiger partial charge < -0.3 is 9.47 Å². The van der Waals surface area contributed by atoms with Crippen molar-refractivity contribution in [3.05, 3.63) is 29.8 Å². The lowest BCUT2D eigenvalue weighted by Gasteiger charge is -2.03. The molecule has 1 rings (SSSR count).